The van der Waals surface area contributed by atoms with Crippen LogP contribution in [0.1, 0.15) is 19.3 Å². The Balaban J connectivity index is 2.19. The summed E-state index contributed by atoms with van der Waals surface area (Å²) in [6.07, 6.45) is 3.89. The largest absolute Gasteiger partial charge is 0.387 e. The Bertz CT molecular complexity index is 172. The molecule has 56 valence electrons. The first-order valence-electron chi connectivity index (χ1n) is 3.72. The summed E-state index contributed by atoms with van der Waals surface area (Å²) in [5, 5.41) is 0. The Kier molecular flexibility index (Phi) is 1.41. The van der Waals surface area contributed by atoms with Gasteiger partial charge in [0.2, 0.25) is 0 Å². The molecule has 0 atom stereocenters. The van der Waals surface area contributed by atoms with Gasteiger partial charge in [0.25, 0.3) is 0 Å². The zero-order valence-electron chi connectivity index (χ0n) is 5.97. The first-order valence-corrected chi connectivity index (χ1v) is 4.87. The predicted octanol–water partition coefficient (Wildman–Crippen LogP) is 1.22. The van der Waals surface area contributed by atoms with Crippen molar-refractivity contribution in [2.24, 2.45) is 16.1 Å². The van der Waals surface area contributed by atoms with Crippen LogP contribution in [0.5, 0.6) is 0 Å². The summed E-state index contributed by atoms with van der Waals surface area (Å²) in [6.45, 7) is 0. The van der Waals surface area contributed by atoms with Gasteiger partial charge >= 0.3 is 0 Å². The minimum absolute atomic E-state index is 0.350. The average molecular weight is 156 g/mol. The lowest BCUT2D eigenvalue weighted by Gasteiger charge is -2.42. The predicted molar refractivity (Wildman–Crippen MR) is 45.2 cm³/mol. The molecule has 2 rings (SSSR count). The Labute approximate surface area is 65.3 Å². The van der Waals surface area contributed by atoms with Crippen molar-refractivity contribution in [3.05, 3.63) is 0 Å². The number of hydrogen-bond donors (Lipinski definition) is 1. The molecule has 0 aromatic carbocycles. The van der Waals surface area contributed by atoms with Gasteiger partial charge in [-0.15, -0.1) is 11.8 Å². The molecule has 1 spiro atoms. The Morgan fingerprint density at radius 2 is 2.30 bits per heavy atom. The first kappa shape index (κ1) is 6.53. The van der Waals surface area contributed by atoms with Gasteiger partial charge < -0.3 is 5.73 Å². The lowest BCUT2D eigenvalue weighted by Crippen LogP contribution is -2.46. The van der Waals surface area contributed by atoms with Gasteiger partial charge in [0.05, 0.1) is 5.88 Å². The molecule has 2 aliphatic rings. The van der Waals surface area contributed by atoms with E-state index in [0.29, 0.717) is 5.41 Å². The van der Waals surface area contributed by atoms with Crippen LogP contribution in [0.25, 0.3) is 0 Å². The van der Waals surface area contributed by atoms with Crippen molar-refractivity contribution in [1.29, 1.82) is 0 Å². The second-order valence-corrected chi connectivity index (χ2v) is 4.11. The third-order valence-electron chi connectivity index (χ3n) is 2.56. The van der Waals surface area contributed by atoms with Crippen molar-refractivity contribution >= 4 is 17.6 Å². The van der Waals surface area contributed by atoms with Gasteiger partial charge in [-0.1, -0.05) is 6.42 Å². The van der Waals surface area contributed by atoms with Crippen LogP contribution in [0.3, 0.4) is 0 Å². The van der Waals surface area contributed by atoms with Crippen LogP contribution in [0.2, 0.25) is 0 Å². The van der Waals surface area contributed by atoms with Crippen LogP contribution >= 0.6 is 11.8 Å². The molecule has 0 saturated heterocycles. The van der Waals surface area contributed by atoms with Gasteiger partial charge in [-0.25, -0.2) is 0 Å². The van der Waals surface area contributed by atoms with Crippen LogP contribution < -0.4 is 5.73 Å². The number of rotatable bonds is 0. The maximum absolute atomic E-state index is 5.81. The number of hydrogen-bond acceptors (Lipinski definition) is 3. The Morgan fingerprint density at radius 3 is 2.70 bits per heavy atom. The maximum atomic E-state index is 5.81. The zero-order valence-corrected chi connectivity index (χ0v) is 6.78. The Morgan fingerprint density at radius 1 is 1.50 bits per heavy atom. The number of thioether (sulfide) groups is 1. The minimum Gasteiger partial charge on any atom is -0.387 e. The highest BCUT2D eigenvalue weighted by atomic mass is 32.2. The van der Waals surface area contributed by atoms with Crippen molar-refractivity contribution in [3.63, 3.8) is 0 Å². The van der Waals surface area contributed by atoms with Crippen molar-refractivity contribution in [3.8, 4) is 0 Å². The van der Waals surface area contributed by atoms with Crippen LogP contribution in [0.4, 0.5) is 0 Å². The highest BCUT2D eigenvalue weighted by molar-refractivity contribution is 7.99. The van der Waals surface area contributed by atoms with E-state index in [0.717, 1.165) is 11.7 Å². The van der Waals surface area contributed by atoms with Crippen LogP contribution in [-0.4, -0.2) is 17.5 Å². The first-order chi connectivity index (χ1) is 4.83. The third kappa shape index (κ3) is 0.764. The molecule has 0 aromatic rings. The van der Waals surface area contributed by atoms with Crippen LogP contribution in [0, 0.1) is 5.41 Å². The van der Waals surface area contributed by atoms with Crippen molar-refractivity contribution in [2.45, 2.75) is 19.3 Å². The second-order valence-electron chi connectivity index (χ2n) is 3.15. The quantitative estimate of drug-likeness (QED) is 0.572. The van der Waals surface area contributed by atoms with Crippen molar-refractivity contribution in [2.75, 3.05) is 11.6 Å². The second kappa shape index (κ2) is 2.16. The van der Waals surface area contributed by atoms with Gasteiger partial charge in [-0.2, -0.15) is 0 Å². The fraction of sp³-hybridized carbons (Fsp3) is 0.857. The third-order valence-corrected chi connectivity index (χ3v) is 3.63. The van der Waals surface area contributed by atoms with Crippen LogP contribution in [-0.2, 0) is 0 Å². The molecule has 1 saturated carbocycles. The lowest BCUT2D eigenvalue weighted by atomic mass is 9.69. The van der Waals surface area contributed by atoms with Crippen LogP contribution in [0.15, 0.2) is 4.99 Å². The van der Waals surface area contributed by atoms with E-state index in [1.807, 2.05) is 11.8 Å². The normalized spacial score (nSPS) is 29.4. The zero-order chi connectivity index (χ0) is 7.03. The molecule has 1 heterocycles. The summed E-state index contributed by atoms with van der Waals surface area (Å²) in [7, 11) is 0. The molecular weight excluding hydrogens is 144 g/mol. The molecule has 3 heteroatoms. The summed E-state index contributed by atoms with van der Waals surface area (Å²) in [5.74, 6) is 3.02. The van der Waals surface area contributed by atoms with E-state index in [9.17, 15) is 0 Å². The SMILES string of the molecule is NC1=NCSCC12CCC2. The van der Waals surface area contributed by atoms with Gasteiger partial charge in [0.15, 0.2) is 0 Å². The molecule has 2 nitrogen and oxygen atoms in total. The standard InChI is InChI=1S/C7H12N2S/c8-6-7(2-1-3-7)4-10-5-9-6/h1-5H2,(H2,8,9). The fourth-order valence-electron chi connectivity index (χ4n) is 1.60. The highest BCUT2D eigenvalue weighted by Gasteiger charge is 2.41. The molecule has 0 unspecified atom stereocenters. The van der Waals surface area contributed by atoms with E-state index in [2.05, 4.69) is 4.99 Å². The van der Waals surface area contributed by atoms with Crippen molar-refractivity contribution in [1.82, 2.24) is 0 Å². The van der Waals surface area contributed by atoms with E-state index in [1.165, 1.54) is 25.0 Å². The topological polar surface area (TPSA) is 38.4 Å². The van der Waals surface area contributed by atoms with E-state index in [1.54, 1.807) is 0 Å². The maximum Gasteiger partial charge on any atom is 0.102 e. The molecule has 2 N–H and O–H groups in total. The summed E-state index contributed by atoms with van der Waals surface area (Å²) < 4.78 is 0. The van der Waals surface area contributed by atoms with E-state index in [4.69, 9.17) is 5.73 Å². The molecule has 0 bridgehead atoms. The average Bonchev–Trinajstić information content (AvgIpc) is 1.85. The molecule has 10 heavy (non-hydrogen) atoms. The number of nitrogens with zero attached hydrogens (tertiary/aromatic N) is 1. The molecule has 1 aliphatic heterocycles. The molecule has 0 radical (unpaired) electrons. The molecule has 0 aromatic heterocycles. The van der Waals surface area contributed by atoms with Gasteiger partial charge in [0, 0.05) is 11.2 Å². The van der Waals surface area contributed by atoms with Gasteiger partial charge in [-0.3, -0.25) is 4.99 Å². The minimum atomic E-state index is 0.350. The van der Waals surface area contributed by atoms with E-state index in [-0.39, 0.29) is 0 Å². The summed E-state index contributed by atoms with van der Waals surface area (Å²) >= 11 is 1.91. The molecular formula is C7H12N2S. The highest BCUT2D eigenvalue weighted by Crippen LogP contribution is 2.45. The van der Waals surface area contributed by atoms with E-state index < -0.39 is 0 Å². The lowest BCUT2D eigenvalue weighted by molar-refractivity contribution is 0.265. The summed E-state index contributed by atoms with van der Waals surface area (Å²) in [6, 6.07) is 0. The molecule has 1 fully saturated rings. The number of amidine groups is 1. The van der Waals surface area contributed by atoms with Gasteiger partial charge in [0.1, 0.15) is 5.84 Å². The molecule has 1 aliphatic carbocycles. The smallest absolute Gasteiger partial charge is 0.102 e. The van der Waals surface area contributed by atoms with Gasteiger partial charge in [-0.05, 0) is 12.8 Å². The monoisotopic (exact) mass is 156 g/mol. The van der Waals surface area contributed by atoms with Crippen molar-refractivity contribution < 1.29 is 0 Å². The van der Waals surface area contributed by atoms with E-state index >= 15 is 0 Å². The number of aliphatic imine (C=N–C) groups is 1. The fourth-order valence-corrected chi connectivity index (χ4v) is 2.75. The summed E-state index contributed by atoms with van der Waals surface area (Å²) in [5.41, 5.74) is 6.16. The Hall–Kier alpha value is -0.180. The molecule has 0 amide bonds. The summed E-state index contributed by atoms with van der Waals surface area (Å²) in [4.78, 5) is 4.26. The number of nitrogens with two attached hydrogens (primary N) is 1.